The van der Waals surface area contributed by atoms with Crippen LogP contribution in [0.4, 0.5) is 5.13 Å². The number of sulfonamides is 1. The minimum absolute atomic E-state index is 0.174. The van der Waals surface area contributed by atoms with E-state index in [9.17, 15) is 13.2 Å². The summed E-state index contributed by atoms with van der Waals surface area (Å²) in [5.41, 5.74) is 2.54. The Morgan fingerprint density at radius 1 is 1.07 bits per heavy atom. The van der Waals surface area contributed by atoms with E-state index in [0.717, 1.165) is 55.9 Å². The lowest BCUT2D eigenvalue weighted by Crippen LogP contribution is -2.48. The molecule has 0 N–H and O–H groups in total. The maximum Gasteiger partial charge on any atom is 0.260 e. The van der Waals surface area contributed by atoms with Gasteiger partial charge in [-0.1, -0.05) is 24.3 Å². The van der Waals surface area contributed by atoms with E-state index in [2.05, 4.69) is 24.0 Å². The van der Waals surface area contributed by atoms with Gasteiger partial charge in [-0.25, -0.2) is 13.4 Å². The van der Waals surface area contributed by atoms with Gasteiger partial charge in [-0.15, -0.1) is 0 Å². The molecule has 216 valence electrons. The predicted octanol–water partition coefficient (Wildman–Crippen LogP) is 4.03. The second-order valence-electron chi connectivity index (χ2n) is 10.5. The van der Waals surface area contributed by atoms with Crippen molar-refractivity contribution in [2.24, 2.45) is 0 Å². The van der Waals surface area contributed by atoms with E-state index >= 15 is 0 Å². The summed E-state index contributed by atoms with van der Waals surface area (Å²) in [5, 5.41) is 0.656. The summed E-state index contributed by atoms with van der Waals surface area (Å²) in [7, 11) is -3.69. The van der Waals surface area contributed by atoms with Crippen LogP contribution in [0.1, 0.15) is 43.1 Å². The molecule has 2 atom stereocenters. The van der Waals surface area contributed by atoms with E-state index < -0.39 is 10.0 Å². The van der Waals surface area contributed by atoms with Crippen molar-refractivity contribution < 1.29 is 22.7 Å². The van der Waals surface area contributed by atoms with Crippen molar-refractivity contribution in [2.75, 3.05) is 57.4 Å². The number of fused-ring (bicyclic) bond motifs is 1. The van der Waals surface area contributed by atoms with Crippen LogP contribution in [0.2, 0.25) is 0 Å². The number of morpholine rings is 2. The minimum atomic E-state index is -3.69. The van der Waals surface area contributed by atoms with Gasteiger partial charge >= 0.3 is 0 Å². The third-order valence-corrected chi connectivity index (χ3v) is 10.3. The highest BCUT2D eigenvalue weighted by molar-refractivity contribution is 7.89. The van der Waals surface area contributed by atoms with Crippen LogP contribution in [0.3, 0.4) is 0 Å². The van der Waals surface area contributed by atoms with E-state index in [1.54, 1.807) is 17.0 Å². The van der Waals surface area contributed by atoms with Crippen LogP contribution in [0.15, 0.2) is 47.4 Å². The summed E-state index contributed by atoms with van der Waals surface area (Å²) < 4.78 is 40.3. The first-order chi connectivity index (χ1) is 19.2. The third kappa shape index (κ3) is 6.56. The number of amides is 1. The Balaban J connectivity index is 1.37. The smallest absolute Gasteiger partial charge is 0.260 e. The van der Waals surface area contributed by atoms with Crippen molar-refractivity contribution in [1.29, 1.82) is 0 Å². The molecular weight excluding hydrogens is 548 g/mol. The van der Waals surface area contributed by atoms with E-state index in [0.29, 0.717) is 30.3 Å². The highest BCUT2D eigenvalue weighted by Gasteiger charge is 2.32. The molecule has 2 aliphatic heterocycles. The molecule has 0 bridgehead atoms. The van der Waals surface area contributed by atoms with Crippen molar-refractivity contribution in [3.8, 4) is 0 Å². The van der Waals surface area contributed by atoms with Crippen LogP contribution in [0.25, 0.3) is 10.2 Å². The third-order valence-electron chi connectivity index (χ3n) is 7.41. The van der Waals surface area contributed by atoms with Crippen LogP contribution >= 0.6 is 11.3 Å². The number of anilines is 1. The fraction of sp³-hybridized carbons (Fsp3) is 0.517. The zero-order chi connectivity index (χ0) is 28.3. The Hall–Kier alpha value is -2.41. The minimum Gasteiger partial charge on any atom is -0.379 e. The van der Waals surface area contributed by atoms with Gasteiger partial charge in [0.15, 0.2) is 5.13 Å². The maximum absolute atomic E-state index is 13.9. The lowest BCUT2D eigenvalue weighted by molar-refractivity contribution is -0.0440. The molecule has 1 aromatic heterocycles. The number of hydrogen-bond donors (Lipinski definition) is 0. The first-order valence-electron chi connectivity index (χ1n) is 14.0. The molecule has 2 unspecified atom stereocenters. The van der Waals surface area contributed by atoms with Gasteiger partial charge in [0.25, 0.3) is 5.91 Å². The highest BCUT2D eigenvalue weighted by Crippen LogP contribution is 2.31. The monoisotopic (exact) mass is 586 g/mol. The molecule has 0 saturated carbocycles. The zero-order valence-corrected chi connectivity index (χ0v) is 25.0. The molecule has 5 rings (SSSR count). The molecule has 2 aromatic carbocycles. The fourth-order valence-electron chi connectivity index (χ4n) is 5.25. The Morgan fingerprint density at radius 2 is 1.77 bits per heavy atom. The van der Waals surface area contributed by atoms with E-state index in [4.69, 9.17) is 14.5 Å². The maximum atomic E-state index is 13.9. The number of benzene rings is 2. The largest absolute Gasteiger partial charge is 0.379 e. The molecule has 1 amide bonds. The average molecular weight is 587 g/mol. The van der Waals surface area contributed by atoms with Crippen molar-refractivity contribution in [3.63, 3.8) is 0 Å². The van der Waals surface area contributed by atoms with E-state index in [1.807, 2.05) is 19.9 Å². The van der Waals surface area contributed by atoms with E-state index in [1.165, 1.54) is 33.3 Å². The molecular formula is C29H38N4O5S2. The van der Waals surface area contributed by atoms with Gasteiger partial charge < -0.3 is 9.47 Å². The van der Waals surface area contributed by atoms with Gasteiger partial charge in [0, 0.05) is 44.8 Å². The van der Waals surface area contributed by atoms with Crippen LogP contribution < -0.4 is 4.90 Å². The number of aryl methyl sites for hydroxylation is 1. The molecule has 11 heteroatoms. The SMILES string of the molecule is CCc1ccc2nc(N(CCCN3CCOCC3)C(=O)c3ccc(S(=O)(=O)N4CC(C)OC(C)C4)cc3)sc2c1. The van der Waals surface area contributed by atoms with Crippen molar-refractivity contribution in [1.82, 2.24) is 14.2 Å². The number of rotatable bonds is 9. The lowest BCUT2D eigenvalue weighted by Gasteiger charge is -2.34. The van der Waals surface area contributed by atoms with E-state index in [-0.39, 0.29) is 23.0 Å². The van der Waals surface area contributed by atoms with Crippen molar-refractivity contribution in [2.45, 2.75) is 50.7 Å². The van der Waals surface area contributed by atoms with Gasteiger partial charge in [-0.05, 0) is 68.7 Å². The second kappa shape index (κ2) is 12.6. The van der Waals surface area contributed by atoms with Crippen LogP contribution in [-0.4, -0.2) is 93.2 Å². The first-order valence-corrected chi connectivity index (χ1v) is 16.3. The first kappa shape index (κ1) is 29.1. The summed E-state index contributed by atoms with van der Waals surface area (Å²) in [6.07, 6.45) is 1.38. The number of nitrogens with zero attached hydrogens (tertiary/aromatic N) is 4. The standard InChI is InChI=1S/C29H38N4O5S2/c1-4-23-6-11-26-27(18-23)39-29(30-26)33(13-5-12-31-14-16-37-17-15-31)28(34)24-7-9-25(10-8-24)40(35,36)32-19-21(2)38-22(3)20-32/h6-11,18,21-22H,4-5,12-17,19-20H2,1-3H3. The summed E-state index contributed by atoms with van der Waals surface area (Å²) in [6, 6.07) is 12.5. The Bertz CT molecular complexity index is 1410. The summed E-state index contributed by atoms with van der Waals surface area (Å²) in [4.78, 5) is 22.9. The summed E-state index contributed by atoms with van der Waals surface area (Å²) in [5.74, 6) is -0.186. The number of carbonyl (C=O) groups is 1. The molecule has 2 saturated heterocycles. The fourth-order valence-corrected chi connectivity index (χ4v) is 7.90. The zero-order valence-electron chi connectivity index (χ0n) is 23.4. The Morgan fingerprint density at radius 3 is 2.45 bits per heavy atom. The Kier molecular flexibility index (Phi) is 9.18. The van der Waals surface area contributed by atoms with Crippen LogP contribution in [0.5, 0.6) is 0 Å². The number of aromatic nitrogens is 1. The van der Waals surface area contributed by atoms with Gasteiger partial charge in [-0.2, -0.15) is 4.31 Å². The van der Waals surface area contributed by atoms with Gasteiger partial charge in [0.1, 0.15) is 0 Å². The molecule has 9 nitrogen and oxygen atoms in total. The summed E-state index contributed by atoms with van der Waals surface area (Å²) >= 11 is 1.52. The van der Waals surface area contributed by atoms with Crippen LogP contribution in [0, 0.1) is 0 Å². The second-order valence-corrected chi connectivity index (χ2v) is 13.5. The molecule has 2 aliphatic rings. The molecule has 3 aromatic rings. The van der Waals surface area contributed by atoms with Gasteiger partial charge in [-0.3, -0.25) is 14.6 Å². The number of thiazole rings is 1. The number of hydrogen-bond acceptors (Lipinski definition) is 8. The topological polar surface area (TPSA) is 92.3 Å². The van der Waals surface area contributed by atoms with Crippen molar-refractivity contribution in [3.05, 3.63) is 53.6 Å². The Labute approximate surface area is 240 Å². The van der Waals surface area contributed by atoms with Gasteiger partial charge in [0.2, 0.25) is 10.0 Å². The molecule has 0 spiro atoms. The predicted molar refractivity (Wildman–Crippen MR) is 158 cm³/mol. The highest BCUT2D eigenvalue weighted by atomic mass is 32.2. The number of ether oxygens (including phenoxy) is 2. The van der Waals surface area contributed by atoms with Gasteiger partial charge in [0.05, 0.1) is 40.5 Å². The molecule has 0 aliphatic carbocycles. The molecule has 2 fully saturated rings. The molecule has 3 heterocycles. The average Bonchev–Trinajstić information content (AvgIpc) is 3.38. The normalized spacial score (nSPS) is 21.1. The molecule has 40 heavy (non-hydrogen) atoms. The lowest BCUT2D eigenvalue weighted by atomic mass is 10.2. The number of carbonyl (C=O) groups excluding carboxylic acids is 1. The summed E-state index contributed by atoms with van der Waals surface area (Å²) in [6.45, 7) is 11.1. The van der Waals surface area contributed by atoms with Crippen molar-refractivity contribution >= 4 is 42.6 Å². The molecule has 0 radical (unpaired) electrons. The van der Waals surface area contributed by atoms with Crippen LogP contribution in [-0.2, 0) is 25.9 Å². The quantitative estimate of drug-likeness (QED) is 0.374.